The maximum atomic E-state index is 12.6. The molecule has 0 saturated heterocycles. The summed E-state index contributed by atoms with van der Waals surface area (Å²) in [4.78, 5) is 24.2. The van der Waals surface area contributed by atoms with E-state index in [1.807, 2.05) is 13.8 Å². The van der Waals surface area contributed by atoms with E-state index in [1.165, 1.54) is 0 Å². The van der Waals surface area contributed by atoms with Crippen molar-refractivity contribution in [3.63, 3.8) is 0 Å². The Kier molecular flexibility index (Phi) is 6.71. The van der Waals surface area contributed by atoms with Crippen molar-refractivity contribution in [3.05, 3.63) is 23.8 Å². The molecule has 196 valence electrons. The molecule has 0 unspecified atom stereocenters. The van der Waals surface area contributed by atoms with E-state index in [0.29, 0.717) is 42.6 Å². The van der Waals surface area contributed by atoms with Gasteiger partial charge in [0, 0.05) is 18.8 Å². The normalized spacial score (nSPS) is 44.4. The molecule has 5 nitrogen and oxygen atoms in total. The van der Waals surface area contributed by atoms with Gasteiger partial charge in [-0.3, -0.25) is 9.59 Å². The van der Waals surface area contributed by atoms with Crippen molar-refractivity contribution in [2.75, 3.05) is 6.61 Å². The first-order valence-corrected chi connectivity index (χ1v) is 13.6. The Hall–Kier alpha value is -1.46. The first-order chi connectivity index (χ1) is 16.3. The van der Waals surface area contributed by atoms with Gasteiger partial charge in [-0.1, -0.05) is 32.9 Å². The van der Waals surface area contributed by atoms with Crippen LogP contribution in [0.2, 0.25) is 0 Å². The number of carbonyl (C=O) groups excluding carboxylic acids is 1. The van der Waals surface area contributed by atoms with Crippen molar-refractivity contribution in [1.29, 1.82) is 0 Å². The number of hydrogen-bond donors (Lipinski definition) is 3. The van der Waals surface area contributed by atoms with Gasteiger partial charge in [0.15, 0.2) is 5.78 Å². The lowest BCUT2D eigenvalue weighted by Gasteiger charge is -2.61. The zero-order chi connectivity index (χ0) is 26.0. The van der Waals surface area contributed by atoms with Crippen molar-refractivity contribution in [2.24, 2.45) is 45.3 Å². The predicted octanol–water partition coefficient (Wildman–Crippen LogP) is 5.55. The van der Waals surface area contributed by atoms with E-state index in [0.717, 1.165) is 37.7 Å². The molecule has 9 atom stereocenters. The highest BCUT2D eigenvalue weighted by molar-refractivity contribution is 5.90. The number of carbonyl (C=O) groups is 2. The van der Waals surface area contributed by atoms with E-state index in [-0.39, 0.29) is 46.4 Å². The summed E-state index contributed by atoms with van der Waals surface area (Å²) in [6, 6.07) is 0. The Morgan fingerprint density at radius 2 is 1.83 bits per heavy atom. The fraction of sp³-hybridized carbons (Fsp3) is 0.800. The van der Waals surface area contributed by atoms with Crippen LogP contribution in [0.15, 0.2) is 23.8 Å². The molecule has 0 radical (unpaired) electrons. The number of fused-ring (bicyclic) bond motifs is 2. The minimum absolute atomic E-state index is 0.0225. The molecular formula is C30H46O5. The molecular weight excluding hydrogens is 440 g/mol. The molecule has 0 aliphatic heterocycles. The lowest BCUT2D eigenvalue weighted by Crippen LogP contribution is -2.57. The van der Waals surface area contributed by atoms with Gasteiger partial charge >= 0.3 is 5.97 Å². The molecule has 1 spiro atoms. The second kappa shape index (κ2) is 8.83. The molecule has 0 bridgehead atoms. The van der Waals surface area contributed by atoms with Gasteiger partial charge in [0.25, 0.3) is 0 Å². The van der Waals surface area contributed by atoms with Crippen LogP contribution in [0.5, 0.6) is 0 Å². The minimum Gasteiger partial charge on any atom is -0.481 e. The zero-order valence-electron chi connectivity index (χ0n) is 22.4. The molecule has 4 aliphatic carbocycles. The number of aliphatic hydroxyl groups is 2. The Bertz CT molecular complexity index is 933. The van der Waals surface area contributed by atoms with Crippen molar-refractivity contribution in [2.45, 2.75) is 98.5 Å². The molecule has 0 aromatic rings. The average Bonchev–Trinajstić information content (AvgIpc) is 3.33. The lowest BCUT2D eigenvalue weighted by molar-refractivity contribution is -0.151. The van der Waals surface area contributed by atoms with Crippen LogP contribution in [0.4, 0.5) is 0 Å². The molecule has 4 fully saturated rings. The van der Waals surface area contributed by atoms with Gasteiger partial charge in [-0.15, -0.1) is 0 Å². The fourth-order valence-corrected chi connectivity index (χ4v) is 10.1. The van der Waals surface area contributed by atoms with Crippen LogP contribution >= 0.6 is 0 Å². The zero-order valence-corrected chi connectivity index (χ0v) is 22.4. The van der Waals surface area contributed by atoms with E-state index < -0.39 is 12.1 Å². The van der Waals surface area contributed by atoms with E-state index in [4.69, 9.17) is 0 Å². The monoisotopic (exact) mass is 486 g/mol. The third-order valence-corrected chi connectivity index (χ3v) is 11.7. The Morgan fingerprint density at radius 3 is 2.43 bits per heavy atom. The van der Waals surface area contributed by atoms with Gasteiger partial charge in [-0.2, -0.15) is 0 Å². The van der Waals surface area contributed by atoms with E-state index in [1.54, 1.807) is 6.08 Å². The highest BCUT2D eigenvalue weighted by Gasteiger charge is 2.81. The number of carboxylic acids is 1. The second-order valence-corrected chi connectivity index (χ2v) is 13.4. The van der Waals surface area contributed by atoms with Gasteiger partial charge in [0.2, 0.25) is 0 Å². The number of aliphatic hydroxyl groups excluding tert-OH is 2. The van der Waals surface area contributed by atoms with Crippen LogP contribution in [0.25, 0.3) is 0 Å². The van der Waals surface area contributed by atoms with Gasteiger partial charge < -0.3 is 15.3 Å². The first kappa shape index (κ1) is 26.6. The predicted molar refractivity (Wildman–Crippen MR) is 137 cm³/mol. The highest BCUT2D eigenvalue weighted by atomic mass is 16.4. The molecule has 0 aromatic carbocycles. The van der Waals surface area contributed by atoms with Crippen LogP contribution in [0.3, 0.4) is 0 Å². The largest absolute Gasteiger partial charge is 0.481 e. The summed E-state index contributed by atoms with van der Waals surface area (Å²) in [5.41, 5.74) is 1.59. The first-order valence-electron chi connectivity index (χ1n) is 13.6. The summed E-state index contributed by atoms with van der Waals surface area (Å²) >= 11 is 0. The maximum Gasteiger partial charge on any atom is 0.303 e. The fourth-order valence-electron chi connectivity index (χ4n) is 10.1. The standard InChI is InChI=1S/C30H46O5/c1-18(2)13-21(32)14-19(3)22-7-9-28(6)24-15-23(33)26(20(4)16-31)30(10-8-25(34)35)17-29(24,30)12-11-27(22,28)5/h13,19,22-24,26,31,33H,4,7-12,14-17H2,1-3,5-6H3,(H,34,35)/t19-,22-,23-,24+,26-,27-,28+,29+,30-/m1/s1. The van der Waals surface area contributed by atoms with E-state index in [9.17, 15) is 24.9 Å². The number of rotatable bonds is 9. The molecule has 0 heterocycles. The SMILES string of the molecule is C=C(CO)[C@@H]1[C@H](O)C[C@@H]2[C@]3(CC[C@]4(C)[C@@H]([C@H](C)CC(=O)C=C(C)C)CC[C@@]24C)C[C@]13CCC(=O)O. The topological polar surface area (TPSA) is 94.8 Å². The molecule has 5 heteroatoms. The molecule has 0 aromatic heterocycles. The van der Waals surface area contributed by atoms with E-state index >= 15 is 0 Å². The minimum atomic E-state index is -0.797. The molecule has 35 heavy (non-hydrogen) atoms. The van der Waals surface area contributed by atoms with Crippen molar-refractivity contribution in [3.8, 4) is 0 Å². The van der Waals surface area contributed by atoms with Gasteiger partial charge in [0.05, 0.1) is 12.7 Å². The maximum absolute atomic E-state index is 12.6. The van der Waals surface area contributed by atoms with Gasteiger partial charge in [0.1, 0.15) is 0 Å². The lowest BCUT2D eigenvalue weighted by atomic mass is 9.43. The van der Waals surface area contributed by atoms with E-state index in [2.05, 4.69) is 27.4 Å². The molecule has 0 amide bonds. The quantitative estimate of drug-likeness (QED) is 0.293. The molecule has 3 N–H and O–H groups in total. The van der Waals surface area contributed by atoms with Crippen LogP contribution in [-0.4, -0.2) is 39.8 Å². The number of ketones is 1. The van der Waals surface area contributed by atoms with Crippen molar-refractivity contribution < 1.29 is 24.9 Å². The Labute approximate surface area is 211 Å². The second-order valence-electron chi connectivity index (χ2n) is 13.4. The average molecular weight is 487 g/mol. The number of carboxylic acid groups (broad SMARTS) is 1. The Morgan fingerprint density at radius 1 is 1.14 bits per heavy atom. The summed E-state index contributed by atoms with van der Waals surface area (Å²) in [5.74, 6) is 0.295. The van der Waals surface area contributed by atoms with Crippen LogP contribution in [0.1, 0.15) is 92.4 Å². The van der Waals surface area contributed by atoms with Gasteiger partial charge in [-0.25, -0.2) is 0 Å². The smallest absolute Gasteiger partial charge is 0.303 e. The number of hydrogen-bond acceptors (Lipinski definition) is 4. The number of aliphatic carboxylic acids is 1. The third-order valence-electron chi connectivity index (χ3n) is 11.7. The summed E-state index contributed by atoms with van der Waals surface area (Å²) in [6.45, 7) is 15.0. The molecule has 4 saturated carbocycles. The van der Waals surface area contributed by atoms with Crippen LogP contribution in [0, 0.1) is 45.3 Å². The summed E-state index contributed by atoms with van der Waals surface area (Å²) in [7, 11) is 0. The van der Waals surface area contributed by atoms with Crippen molar-refractivity contribution in [1.82, 2.24) is 0 Å². The molecule has 4 rings (SSSR count). The van der Waals surface area contributed by atoms with Gasteiger partial charge in [-0.05, 0) is 110 Å². The summed E-state index contributed by atoms with van der Waals surface area (Å²) in [5, 5.41) is 30.9. The third kappa shape index (κ3) is 3.79. The summed E-state index contributed by atoms with van der Waals surface area (Å²) < 4.78 is 0. The van der Waals surface area contributed by atoms with Crippen molar-refractivity contribution >= 4 is 11.8 Å². The Balaban J connectivity index is 1.66. The summed E-state index contributed by atoms with van der Waals surface area (Å²) in [6.07, 6.45) is 8.34. The van der Waals surface area contributed by atoms with Crippen LogP contribution < -0.4 is 0 Å². The van der Waals surface area contributed by atoms with Crippen LogP contribution in [-0.2, 0) is 9.59 Å². The number of allylic oxidation sites excluding steroid dienone is 2. The molecule has 4 aliphatic rings. The highest BCUT2D eigenvalue weighted by Crippen LogP contribution is 2.87.